The number of anilines is 1. The smallest absolute Gasteiger partial charge is 0.414 e. The van der Waals surface area contributed by atoms with Crippen molar-refractivity contribution in [1.82, 2.24) is 15.5 Å². The van der Waals surface area contributed by atoms with Gasteiger partial charge in [-0.3, -0.25) is 14.6 Å². The van der Waals surface area contributed by atoms with Gasteiger partial charge in [0.25, 0.3) is 0 Å². The Kier molecular flexibility index (Phi) is 6.46. The summed E-state index contributed by atoms with van der Waals surface area (Å²) < 4.78 is 25.1. The fraction of sp³-hybridized carbons (Fsp3) is 0.556. The van der Waals surface area contributed by atoms with Gasteiger partial charge in [0.2, 0.25) is 5.91 Å². The normalized spacial score (nSPS) is 20.4. The number of rotatable bonds is 7. The predicted octanol–water partition coefficient (Wildman–Crippen LogP) is 0.571. The highest BCUT2D eigenvalue weighted by atomic mass is 19.1. The van der Waals surface area contributed by atoms with Crippen LogP contribution in [0.4, 0.5) is 14.9 Å². The maximum atomic E-state index is 14.4. The van der Waals surface area contributed by atoms with Crippen molar-refractivity contribution in [2.45, 2.75) is 13.0 Å². The van der Waals surface area contributed by atoms with Gasteiger partial charge in [-0.1, -0.05) is 0 Å². The number of carbonyl (C=O) groups is 2. The van der Waals surface area contributed by atoms with Gasteiger partial charge in [0.1, 0.15) is 12.7 Å². The Morgan fingerprint density at radius 3 is 2.89 bits per heavy atom. The highest BCUT2D eigenvalue weighted by Gasteiger charge is 2.32. The van der Waals surface area contributed by atoms with Crippen LogP contribution in [0.2, 0.25) is 0 Å². The number of carbonyl (C=O) groups excluding carboxylic acids is 2. The Balaban J connectivity index is 1.52. The standard InChI is InChI=1S/C18H25FN4O4/c1-13(24)21-11-15-12-23(18(25)27-15)14-2-3-17(16(19)10-14)26-9-8-22-6-4-20-5-7-22/h2-3,10,15,20H,4-9,11-12H2,1H3,(H,21,24). The Bertz CT molecular complexity index is 681. The predicted molar refractivity (Wildman–Crippen MR) is 97.5 cm³/mol. The Hall–Kier alpha value is -2.39. The molecule has 27 heavy (non-hydrogen) atoms. The fourth-order valence-corrected chi connectivity index (χ4v) is 3.09. The minimum Gasteiger partial charge on any atom is -0.489 e. The highest BCUT2D eigenvalue weighted by Crippen LogP contribution is 2.27. The van der Waals surface area contributed by atoms with Crippen molar-refractivity contribution >= 4 is 17.7 Å². The van der Waals surface area contributed by atoms with Gasteiger partial charge in [-0.05, 0) is 12.1 Å². The van der Waals surface area contributed by atoms with Crippen LogP contribution < -0.4 is 20.3 Å². The molecule has 2 fully saturated rings. The van der Waals surface area contributed by atoms with Crippen LogP contribution in [0.25, 0.3) is 0 Å². The second-order valence-corrected chi connectivity index (χ2v) is 6.61. The van der Waals surface area contributed by atoms with Gasteiger partial charge >= 0.3 is 6.09 Å². The Labute approximate surface area is 157 Å². The summed E-state index contributed by atoms with van der Waals surface area (Å²) in [6.07, 6.45) is -1.02. The number of nitrogens with zero attached hydrogens (tertiary/aromatic N) is 2. The average Bonchev–Trinajstić information content (AvgIpc) is 3.03. The van der Waals surface area contributed by atoms with Crippen LogP contribution in [-0.2, 0) is 9.53 Å². The highest BCUT2D eigenvalue weighted by molar-refractivity contribution is 5.89. The van der Waals surface area contributed by atoms with E-state index in [-0.39, 0.29) is 24.7 Å². The molecule has 1 unspecified atom stereocenters. The number of benzene rings is 1. The average molecular weight is 380 g/mol. The van der Waals surface area contributed by atoms with Crippen molar-refractivity contribution in [3.8, 4) is 5.75 Å². The Morgan fingerprint density at radius 1 is 1.41 bits per heavy atom. The van der Waals surface area contributed by atoms with E-state index in [1.807, 2.05) is 0 Å². The third kappa shape index (κ3) is 5.30. The number of hydrogen-bond donors (Lipinski definition) is 2. The summed E-state index contributed by atoms with van der Waals surface area (Å²) >= 11 is 0. The summed E-state index contributed by atoms with van der Waals surface area (Å²) in [5.41, 5.74) is 0.400. The lowest BCUT2D eigenvalue weighted by Gasteiger charge is -2.27. The first-order valence-electron chi connectivity index (χ1n) is 9.11. The van der Waals surface area contributed by atoms with Gasteiger partial charge < -0.3 is 20.1 Å². The molecular weight excluding hydrogens is 355 g/mol. The van der Waals surface area contributed by atoms with E-state index in [1.165, 1.54) is 24.0 Å². The van der Waals surface area contributed by atoms with Gasteiger partial charge in [0, 0.05) is 45.7 Å². The van der Waals surface area contributed by atoms with Gasteiger partial charge in [-0.2, -0.15) is 0 Å². The number of hydrogen-bond acceptors (Lipinski definition) is 6. The minimum absolute atomic E-state index is 0.163. The van der Waals surface area contributed by atoms with E-state index in [0.29, 0.717) is 12.3 Å². The van der Waals surface area contributed by atoms with Crippen LogP contribution in [0.5, 0.6) is 5.75 Å². The lowest BCUT2D eigenvalue weighted by molar-refractivity contribution is -0.119. The monoisotopic (exact) mass is 380 g/mol. The van der Waals surface area contributed by atoms with Crippen LogP contribution >= 0.6 is 0 Å². The van der Waals surface area contributed by atoms with Gasteiger partial charge in [-0.15, -0.1) is 0 Å². The van der Waals surface area contributed by atoms with E-state index in [9.17, 15) is 14.0 Å². The number of piperazine rings is 1. The second-order valence-electron chi connectivity index (χ2n) is 6.61. The maximum Gasteiger partial charge on any atom is 0.414 e. The zero-order valence-electron chi connectivity index (χ0n) is 15.4. The summed E-state index contributed by atoms with van der Waals surface area (Å²) in [4.78, 5) is 26.6. The molecule has 148 valence electrons. The number of nitrogens with one attached hydrogen (secondary N) is 2. The molecule has 2 heterocycles. The van der Waals surface area contributed by atoms with Gasteiger partial charge in [0.05, 0.1) is 18.8 Å². The van der Waals surface area contributed by atoms with E-state index in [4.69, 9.17) is 9.47 Å². The topological polar surface area (TPSA) is 83.1 Å². The van der Waals surface area contributed by atoms with E-state index in [2.05, 4.69) is 15.5 Å². The van der Waals surface area contributed by atoms with Crippen LogP contribution in [0.15, 0.2) is 18.2 Å². The molecule has 1 aromatic rings. The first-order valence-corrected chi connectivity index (χ1v) is 9.11. The second kappa shape index (κ2) is 9.01. The molecule has 2 saturated heterocycles. The van der Waals surface area contributed by atoms with E-state index in [0.717, 1.165) is 32.7 Å². The van der Waals surface area contributed by atoms with E-state index < -0.39 is 18.0 Å². The molecule has 0 aliphatic carbocycles. The first kappa shape index (κ1) is 19.4. The molecule has 0 aromatic heterocycles. The molecular formula is C18H25FN4O4. The molecule has 0 radical (unpaired) electrons. The lowest BCUT2D eigenvalue weighted by Crippen LogP contribution is -2.44. The van der Waals surface area contributed by atoms with Crippen molar-refractivity contribution in [1.29, 1.82) is 0 Å². The van der Waals surface area contributed by atoms with Crippen molar-refractivity contribution in [3.63, 3.8) is 0 Å². The summed E-state index contributed by atoms with van der Waals surface area (Å²) in [6.45, 7) is 6.85. The third-order valence-electron chi connectivity index (χ3n) is 4.55. The molecule has 0 spiro atoms. The molecule has 1 atom stereocenters. The molecule has 1 aromatic carbocycles. The van der Waals surface area contributed by atoms with Crippen LogP contribution in [0, 0.1) is 5.82 Å². The molecule has 2 aliphatic rings. The molecule has 3 rings (SSSR count). The first-order chi connectivity index (χ1) is 13.0. The quantitative estimate of drug-likeness (QED) is 0.720. The van der Waals surface area contributed by atoms with Crippen LogP contribution in [0.3, 0.4) is 0 Å². The van der Waals surface area contributed by atoms with Crippen LogP contribution in [0.1, 0.15) is 6.92 Å². The summed E-state index contributed by atoms with van der Waals surface area (Å²) in [7, 11) is 0. The van der Waals surface area contributed by atoms with Crippen LogP contribution in [-0.4, -0.2) is 75.4 Å². The summed E-state index contributed by atoms with van der Waals surface area (Å²) in [6, 6.07) is 4.42. The molecule has 8 nitrogen and oxygen atoms in total. The lowest BCUT2D eigenvalue weighted by atomic mass is 10.2. The largest absolute Gasteiger partial charge is 0.489 e. The van der Waals surface area contributed by atoms with Gasteiger partial charge in [0.15, 0.2) is 11.6 Å². The molecule has 9 heteroatoms. The van der Waals surface area contributed by atoms with E-state index >= 15 is 0 Å². The maximum absolute atomic E-state index is 14.4. The zero-order valence-corrected chi connectivity index (χ0v) is 15.4. The molecule has 2 aliphatic heterocycles. The summed E-state index contributed by atoms with van der Waals surface area (Å²) in [5, 5.41) is 5.89. The summed E-state index contributed by atoms with van der Waals surface area (Å²) in [5.74, 6) is -0.556. The minimum atomic E-state index is -0.558. The molecule has 2 amide bonds. The van der Waals surface area contributed by atoms with Crippen molar-refractivity contribution in [2.75, 3.05) is 57.3 Å². The fourth-order valence-electron chi connectivity index (χ4n) is 3.09. The van der Waals surface area contributed by atoms with Crippen molar-refractivity contribution in [2.24, 2.45) is 0 Å². The molecule has 2 N–H and O–H groups in total. The number of halogens is 1. The van der Waals surface area contributed by atoms with Crippen molar-refractivity contribution in [3.05, 3.63) is 24.0 Å². The Morgan fingerprint density at radius 2 is 2.19 bits per heavy atom. The number of amides is 2. The van der Waals surface area contributed by atoms with Gasteiger partial charge in [-0.25, -0.2) is 9.18 Å². The molecule has 0 bridgehead atoms. The van der Waals surface area contributed by atoms with E-state index in [1.54, 1.807) is 6.07 Å². The number of ether oxygens (including phenoxy) is 2. The molecule has 0 saturated carbocycles. The van der Waals surface area contributed by atoms with Crippen molar-refractivity contribution < 1.29 is 23.5 Å². The number of cyclic esters (lactones) is 1. The zero-order chi connectivity index (χ0) is 19.2. The SMILES string of the molecule is CC(=O)NCC1CN(c2ccc(OCCN3CCNCC3)c(F)c2)C(=O)O1. The third-order valence-corrected chi connectivity index (χ3v) is 4.55.